The number of sulfonamides is 1. The minimum atomic E-state index is -3.57. The molecule has 1 fully saturated rings. The SMILES string of the molecule is O=C1OCc2ccccc2N1C1CCN(S(=O)(=O)c2ccccc2Br)CC1. The van der Waals surface area contributed by atoms with E-state index in [1.54, 1.807) is 29.2 Å². The Bertz CT molecular complexity index is 971. The zero-order valence-corrected chi connectivity index (χ0v) is 16.9. The molecule has 0 atom stereocenters. The molecule has 4 rings (SSSR count). The summed E-state index contributed by atoms with van der Waals surface area (Å²) in [5.74, 6) is 0. The predicted octanol–water partition coefficient (Wildman–Crippen LogP) is 3.76. The molecule has 2 aromatic carbocycles. The third-order valence-electron chi connectivity index (χ3n) is 5.04. The monoisotopic (exact) mass is 450 g/mol. The van der Waals surface area contributed by atoms with Gasteiger partial charge in [-0.15, -0.1) is 0 Å². The molecule has 2 heterocycles. The minimum Gasteiger partial charge on any atom is -0.444 e. The fraction of sp³-hybridized carbons (Fsp3) is 0.316. The van der Waals surface area contributed by atoms with E-state index >= 15 is 0 Å². The lowest BCUT2D eigenvalue weighted by Crippen LogP contribution is -2.50. The minimum absolute atomic E-state index is 0.0791. The molecule has 0 radical (unpaired) electrons. The number of hydrogen-bond donors (Lipinski definition) is 0. The number of benzene rings is 2. The molecule has 6 nitrogen and oxygen atoms in total. The maximum absolute atomic E-state index is 12.9. The van der Waals surface area contributed by atoms with Crippen molar-refractivity contribution >= 4 is 37.7 Å². The molecule has 0 spiro atoms. The van der Waals surface area contributed by atoms with Gasteiger partial charge in [0.1, 0.15) is 6.61 Å². The molecule has 0 N–H and O–H groups in total. The Morgan fingerprint density at radius 2 is 1.67 bits per heavy atom. The van der Waals surface area contributed by atoms with Crippen molar-refractivity contribution in [2.24, 2.45) is 0 Å². The van der Waals surface area contributed by atoms with Gasteiger partial charge in [-0.25, -0.2) is 13.2 Å². The first-order valence-corrected chi connectivity index (χ1v) is 11.0. The predicted molar refractivity (Wildman–Crippen MR) is 105 cm³/mol. The van der Waals surface area contributed by atoms with E-state index in [1.165, 1.54) is 4.31 Å². The highest BCUT2D eigenvalue weighted by atomic mass is 79.9. The molecule has 0 bridgehead atoms. The van der Waals surface area contributed by atoms with Gasteiger partial charge in [0.25, 0.3) is 0 Å². The van der Waals surface area contributed by atoms with Crippen molar-refractivity contribution in [3.8, 4) is 0 Å². The third-order valence-corrected chi connectivity index (χ3v) is 7.95. The summed E-state index contributed by atoms with van der Waals surface area (Å²) in [5, 5.41) is 0. The van der Waals surface area contributed by atoms with Gasteiger partial charge >= 0.3 is 6.09 Å². The summed E-state index contributed by atoms with van der Waals surface area (Å²) in [7, 11) is -3.57. The Morgan fingerprint density at radius 3 is 2.41 bits per heavy atom. The van der Waals surface area contributed by atoms with Gasteiger partial charge in [-0.05, 0) is 47.0 Å². The van der Waals surface area contributed by atoms with Crippen LogP contribution in [0.5, 0.6) is 0 Å². The number of cyclic esters (lactones) is 1. The number of halogens is 1. The number of nitrogens with zero attached hydrogens (tertiary/aromatic N) is 2. The van der Waals surface area contributed by atoms with Gasteiger partial charge in [0.2, 0.25) is 10.0 Å². The summed E-state index contributed by atoms with van der Waals surface area (Å²) < 4.78 is 33.2. The van der Waals surface area contributed by atoms with E-state index in [0.29, 0.717) is 30.4 Å². The van der Waals surface area contributed by atoms with Crippen LogP contribution in [0.25, 0.3) is 0 Å². The van der Waals surface area contributed by atoms with Crippen LogP contribution >= 0.6 is 15.9 Å². The molecule has 2 aromatic rings. The highest BCUT2D eigenvalue weighted by Gasteiger charge is 2.37. The van der Waals surface area contributed by atoms with Gasteiger partial charge in [-0.3, -0.25) is 4.90 Å². The number of carbonyl (C=O) groups excluding carboxylic acids is 1. The van der Waals surface area contributed by atoms with Crippen molar-refractivity contribution in [3.05, 3.63) is 58.6 Å². The van der Waals surface area contributed by atoms with Gasteiger partial charge in [0.05, 0.1) is 10.6 Å². The van der Waals surface area contributed by atoms with Gasteiger partial charge in [-0.2, -0.15) is 4.31 Å². The number of carbonyl (C=O) groups is 1. The summed E-state index contributed by atoms with van der Waals surface area (Å²) in [4.78, 5) is 14.3. The van der Waals surface area contributed by atoms with Gasteiger partial charge in [0.15, 0.2) is 0 Å². The Labute approximate surface area is 166 Å². The van der Waals surface area contributed by atoms with E-state index in [1.807, 2.05) is 24.3 Å². The Kier molecular flexibility index (Phi) is 4.96. The molecule has 0 unspecified atom stereocenters. The van der Waals surface area contributed by atoms with E-state index in [9.17, 15) is 13.2 Å². The quantitative estimate of drug-likeness (QED) is 0.713. The summed E-state index contributed by atoms with van der Waals surface area (Å²) in [6, 6.07) is 14.4. The van der Waals surface area contributed by atoms with Crippen LogP contribution in [-0.4, -0.2) is 37.9 Å². The molecule has 142 valence electrons. The van der Waals surface area contributed by atoms with Crippen LogP contribution in [0, 0.1) is 0 Å². The standard InChI is InChI=1S/C19H19BrN2O4S/c20-16-6-2-4-8-18(16)27(24,25)21-11-9-15(10-12-21)22-17-7-3-1-5-14(17)13-26-19(22)23/h1-8,15H,9-13H2. The van der Waals surface area contributed by atoms with E-state index in [0.717, 1.165) is 11.3 Å². The topological polar surface area (TPSA) is 66.9 Å². The largest absolute Gasteiger partial charge is 0.444 e. The van der Waals surface area contributed by atoms with Crippen LogP contribution < -0.4 is 4.90 Å². The molecule has 0 aromatic heterocycles. The fourth-order valence-corrected chi connectivity index (χ4v) is 6.09. The van der Waals surface area contributed by atoms with Gasteiger partial charge in [-0.1, -0.05) is 30.3 Å². The van der Waals surface area contributed by atoms with Crippen LogP contribution in [0.15, 0.2) is 57.9 Å². The van der Waals surface area contributed by atoms with Crippen LogP contribution in [-0.2, 0) is 21.4 Å². The van der Waals surface area contributed by atoms with Gasteiger partial charge in [0, 0.05) is 29.2 Å². The second-order valence-corrected chi connectivity index (χ2v) is 9.38. The van der Waals surface area contributed by atoms with E-state index in [2.05, 4.69) is 15.9 Å². The number of amides is 1. The maximum Gasteiger partial charge on any atom is 0.414 e. The first-order chi connectivity index (χ1) is 13.0. The van der Waals surface area contributed by atoms with E-state index in [4.69, 9.17) is 4.74 Å². The maximum atomic E-state index is 12.9. The fourth-order valence-electron chi connectivity index (χ4n) is 3.65. The molecule has 2 aliphatic rings. The van der Waals surface area contributed by atoms with Crippen LogP contribution in [0.1, 0.15) is 18.4 Å². The summed E-state index contributed by atoms with van der Waals surface area (Å²) >= 11 is 3.32. The Balaban J connectivity index is 1.53. The molecular formula is C19H19BrN2O4S. The lowest BCUT2D eigenvalue weighted by Gasteiger charge is -2.39. The zero-order valence-electron chi connectivity index (χ0n) is 14.5. The summed E-state index contributed by atoms with van der Waals surface area (Å²) in [6.45, 7) is 1.00. The van der Waals surface area contributed by atoms with Crippen LogP contribution in [0.2, 0.25) is 0 Å². The lowest BCUT2D eigenvalue weighted by atomic mass is 10.0. The van der Waals surface area contributed by atoms with E-state index < -0.39 is 10.0 Å². The van der Waals surface area contributed by atoms with Crippen molar-refractivity contribution in [2.75, 3.05) is 18.0 Å². The molecule has 1 amide bonds. The number of piperidine rings is 1. The zero-order chi connectivity index (χ0) is 19.0. The molecular weight excluding hydrogens is 432 g/mol. The summed E-state index contributed by atoms with van der Waals surface area (Å²) in [5.41, 5.74) is 1.83. The third kappa shape index (κ3) is 3.37. The molecule has 8 heteroatoms. The highest BCUT2D eigenvalue weighted by molar-refractivity contribution is 9.10. The van der Waals surface area contributed by atoms with E-state index in [-0.39, 0.29) is 23.6 Å². The molecule has 0 saturated carbocycles. The number of anilines is 1. The lowest BCUT2D eigenvalue weighted by molar-refractivity contribution is 0.136. The smallest absolute Gasteiger partial charge is 0.414 e. The van der Waals surface area contributed by atoms with Crippen molar-refractivity contribution < 1.29 is 17.9 Å². The molecule has 0 aliphatic carbocycles. The second-order valence-electron chi connectivity index (χ2n) is 6.62. The average molecular weight is 451 g/mol. The molecule has 2 aliphatic heterocycles. The highest BCUT2D eigenvalue weighted by Crippen LogP contribution is 2.33. The normalized spacial score (nSPS) is 18.9. The van der Waals surface area contributed by atoms with Crippen molar-refractivity contribution in [1.82, 2.24) is 4.31 Å². The number of rotatable bonds is 3. The number of fused-ring (bicyclic) bond motifs is 1. The summed E-state index contributed by atoms with van der Waals surface area (Å²) in [6.07, 6.45) is 0.765. The van der Waals surface area contributed by atoms with Gasteiger partial charge < -0.3 is 4.74 Å². The van der Waals surface area contributed by atoms with Crippen molar-refractivity contribution in [2.45, 2.75) is 30.4 Å². The second kappa shape index (κ2) is 7.26. The number of ether oxygens (including phenoxy) is 1. The first-order valence-electron chi connectivity index (χ1n) is 8.77. The Morgan fingerprint density at radius 1 is 1.00 bits per heavy atom. The van der Waals surface area contributed by atoms with Crippen molar-refractivity contribution in [1.29, 1.82) is 0 Å². The molecule has 1 saturated heterocycles. The average Bonchev–Trinajstić information content (AvgIpc) is 2.68. The molecule has 27 heavy (non-hydrogen) atoms. The first kappa shape index (κ1) is 18.5. The number of para-hydroxylation sites is 1. The van der Waals surface area contributed by atoms with Crippen molar-refractivity contribution in [3.63, 3.8) is 0 Å². The van der Waals surface area contributed by atoms with Crippen LogP contribution in [0.4, 0.5) is 10.5 Å². The number of hydrogen-bond acceptors (Lipinski definition) is 4. The van der Waals surface area contributed by atoms with Crippen LogP contribution in [0.3, 0.4) is 0 Å². The Hall–Kier alpha value is -1.90.